The lowest BCUT2D eigenvalue weighted by molar-refractivity contribution is -0.206. The highest BCUT2D eigenvalue weighted by Gasteiger charge is 2.64. The Morgan fingerprint density at radius 1 is 1.25 bits per heavy atom. The molecule has 1 aliphatic rings. The van der Waals surface area contributed by atoms with Gasteiger partial charge in [-0.3, -0.25) is 0 Å². The van der Waals surface area contributed by atoms with Crippen LogP contribution in [0.5, 0.6) is 0 Å². The highest BCUT2D eigenvalue weighted by molar-refractivity contribution is 5.91. The maximum Gasteiger partial charge on any atom is 0.581 e. The van der Waals surface area contributed by atoms with Gasteiger partial charge in [0.15, 0.2) is 5.69 Å². The van der Waals surface area contributed by atoms with Gasteiger partial charge in [-0.15, -0.1) is 13.2 Å². The average molecular weight is 230 g/mol. The Morgan fingerprint density at radius 2 is 1.88 bits per heavy atom. The van der Waals surface area contributed by atoms with E-state index in [4.69, 9.17) is 5.11 Å². The van der Waals surface area contributed by atoms with E-state index >= 15 is 0 Å². The molecule has 1 unspecified atom stereocenters. The lowest BCUT2D eigenvalue weighted by Gasteiger charge is -2.26. The lowest BCUT2D eigenvalue weighted by atomic mass is 10.2. The van der Waals surface area contributed by atoms with Gasteiger partial charge >= 0.3 is 12.4 Å². The van der Waals surface area contributed by atoms with Gasteiger partial charge in [0.1, 0.15) is 6.20 Å². The normalized spacial score (nSPS) is 23.2. The minimum atomic E-state index is -4.91. The molecular weight excluding hydrogens is 223 g/mol. The van der Waals surface area contributed by atoms with Crippen LogP contribution in [0.1, 0.15) is 5.56 Å². The van der Waals surface area contributed by atoms with E-state index in [2.05, 4.69) is 0 Å². The van der Waals surface area contributed by atoms with Gasteiger partial charge < -0.3 is 5.11 Å². The molecule has 1 aliphatic heterocycles. The van der Waals surface area contributed by atoms with Crippen LogP contribution in [0.15, 0.2) is 30.5 Å². The topological polar surface area (TPSA) is 37.3 Å². The highest BCUT2D eigenvalue weighted by atomic mass is 19.4. The zero-order valence-corrected chi connectivity index (χ0v) is 7.90. The molecule has 16 heavy (non-hydrogen) atoms. The first-order chi connectivity index (χ1) is 7.39. The van der Waals surface area contributed by atoms with E-state index in [9.17, 15) is 18.0 Å². The molecule has 0 fully saturated rings. The molecule has 1 heterocycles. The van der Waals surface area contributed by atoms with Crippen molar-refractivity contribution >= 4 is 17.9 Å². The third kappa shape index (κ3) is 1.16. The second-order valence-corrected chi connectivity index (χ2v) is 3.35. The van der Waals surface area contributed by atoms with E-state index in [1.807, 2.05) is 0 Å². The van der Waals surface area contributed by atoms with Crippen molar-refractivity contribution < 1.29 is 23.1 Å². The first-order valence-corrected chi connectivity index (χ1v) is 4.37. The van der Waals surface area contributed by atoms with Crippen molar-refractivity contribution in [1.82, 2.24) is 4.48 Å². The maximum atomic E-state index is 12.9. The monoisotopic (exact) mass is 230 g/mol. The summed E-state index contributed by atoms with van der Waals surface area (Å²) in [6.07, 6.45) is -5.08. The lowest BCUT2D eigenvalue weighted by Crippen LogP contribution is -2.57. The van der Waals surface area contributed by atoms with Crippen molar-refractivity contribution in [2.45, 2.75) is 6.30 Å². The Morgan fingerprint density at radius 3 is 2.44 bits per heavy atom. The molecule has 2 rings (SSSR count). The second kappa shape index (κ2) is 3.08. The Balaban J connectivity index is 2.71. The van der Waals surface area contributed by atoms with E-state index in [-0.39, 0.29) is 11.3 Å². The molecule has 0 saturated heterocycles. The van der Waals surface area contributed by atoms with E-state index in [0.29, 0.717) is 6.20 Å². The van der Waals surface area contributed by atoms with Crippen LogP contribution in [0.2, 0.25) is 0 Å². The van der Waals surface area contributed by atoms with Gasteiger partial charge in [0.05, 0.1) is 0 Å². The number of hydrogen-bond acceptors (Lipinski definition) is 1. The molecule has 6 heteroatoms. The van der Waals surface area contributed by atoms with E-state index in [0.717, 1.165) is 12.1 Å². The minimum absolute atomic E-state index is 0.266. The molecule has 1 atom stereocenters. The summed E-state index contributed by atoms with van der Waals surface area (Å²) in [4.78, 5) is 10.9. The first-order valence-electron chi connectivity index (χ1n) is 4.37. The Labute approximate surface area is 88.6 Å². The fraction of sp³-hybridized carbons (Fsp3) is 0.100. The minimum Gasteiger partial charge on any atom is -0.435 e. The van der Waals surface area contributed by atoms with Gasteiger partial charge in [-0.2, -0.15) is 4.79 Å². The SMILES string of the molecule is O=C(O)[N+]1(C(F)(F)F)C=Cc2ccccc21. The van der Waals surface area contributed by atoms with Crippen LogP contribution < -0.4 is 4.48 Å². The molecule has 0 aromatic heterocycles. The molecule has 0 aliphatic carbocycles. The highest BCUT2D eigenvalue weighted by Crippen LogP contribution is 2.44. The van der Waals surface area contributed by atoms with Crippen molar-refractivity contribution in [1.29, 1.82) is 0 Å². The number of amides is 1. The first kappa shape index (κ1) is 10.7. The van der Waals surface area contributed by atoms with Gasteiger partial charge in [0.25, 0.3) is 0 Å². The van der Waals surface area contributed by atoms with Crippen LogP contribution in [0.25, 0.3) is 6.08 Å². The van der Waals surface area contributed by atoms with Crippen LogP contribution in [-0.2, 0) is 0 Å². The predicted octanol–water partition coefficient (Wildman–Crippen LogP) is 3.18. The van der Waals surface area contributed by atoms with Crippen molar-refractivity contribution in [2.24, 2.45) is 0 Å². The summed E-state index contributed by atoms with van der Waals surface area (Å²) in [6.45, 7) is 0. The number of carboxylic acid groups (broad SMARTS) is 1. The zero-order valence-electron chi connectivity index (χ0n) is 7.90. The standard InChI is InChI=1S/C10H6F3NO2/c11-10(12,13)14(9(15)16)6-5-7-3-1-2-4-8(7)14/h1-6H/p+1. The summed E-state index contributed by atoms with van der Waals surface area (Å²) in [6, 6.07) is 5.55. The molecule has 1 N–H and O–H groups in total. The number of alkyl halides is 3. The van der Waals surface area contributed by atoms with Crippen molar-refractivity contribution in [3.63, 3.8) is 0 Å². The quantitative estimate of drug-likeness (QED) is 0.549. The van der Waals surface area contributed by atoms with Crippen molar-refractivity contribution in [3.05, 3.63) is 36.0 Å². The van der Waals surface area contributed by atoms with E-state index in [1.165, 1.54) is 12.1 Å². The Kier molecular flexibility index (Phi) is 2.06. The summed E-state index contributed by atoms with van der Waals surface area (Å²) in [5, 5.41) is 8.85. The van der Waals surface area contributed by atoms with Gasteiger partial charge in [-0.25, -0.2) is 0 Å². The summed E-state index contributed by atoms with van der Waals surface area (Å²) in [5.74, 6) is 0. The zero-order chi connectivity index (χ0) is 12.0. The third-order valence-corrected chi connectivity index (χ3v) is 2.50. The van der Waals surface area contributed by atoms with Crippen LogP contribution in [0, 0.1) is 0 Å². The number of hydrogen-bond donors (Lipinski definition) is 1. The predicted molar refractivity (Wildman–Crippen MR) is 51.3 cm³/mol. The van der Waals surface area contributed by atoms with Gasteiger partial charge in [0, 0.05) is 17.7 Å². The summed E-state index contributed by atoms with van der Waals surface area (Å²) in [5.41, 5.74) is -0.0234. The molecule has 3 nitrogen and oxygen atoms in total. The van der Waals surface area contributed by atoms with E-state index in [1.54, 1.807) is 6.07 Å². The molecule has 1 aromatic rings. The number of halogens is 3. The summed E-state index contributed by atoms with van der Waals surface area (Å²) >= 11 is 0. The molecule has 84 valence electrons. The van der Waals surface area contributed by atoms with Crippen LogP contribution in [0.3, 0.4) is 0 Å². The van der Waals surface area contributed by atoms with E-state index < -0.39 is 16.9 Å². The summed E-state index contributed by atoms with van der Waals surface area (Å²) < 4.78 is 36.5. The van der Waals surface area contributed by atoms with Crippen molar-refractivity contribution in [2.75, 3.05) is 0 Å². The van der Waals surface area contributed by atoms with Crippen molar-refractivity contribution in [3.8, 4) is 0 Å². The third-order valence-electron chi connectivity index (χ3n) is 2.50. The molecular formula is C10H7F3NO2+. The largest absolute Gasteiger partial charge is 0.581 e. The molecule has 0 spiro atoms. The van der Waals surface area contributed by atoms with Crippen LogP contribution >= 0.6 is 0 Å². The molecule has 0 saturated carbocycles. The average Bonchev–Trinajstić information content (AvgIpc) is 2.56. The van der Waals surface area contributed by atoms with Gasteiger partial charge in [0.2, 0.25) is 0 Å². The fourth-order valence-corrected chi connectivity index (χ4v) is 1.72. The smallest absolute Gasteiger partial charge is 0.435 e. The number of nitrogens with zero attached hydrogens (tertiary/aromatic N) is 1. The maximum absolute atomic E-state index is 12.9. The molecule has 0 bridgehead atoms. The number of quaternary nitrogens is 1. The fourth-order valence-electron chi connectivity index (χ4n) is 1.72. The Bertz CT molecular complexity index is 481. The second-order valence-electron chi connectivity index (χ2n) is 3.35. The Hall–Kier alpha value is -1.82. The molecule has 1 amide bonds. The number of benzene rings is 1. The number of carbonyl (C=O) groups is 1. The number of rotatable bonds is 0. The van der Waals surface area contributed by atoms with Gasteiger partial charge in [-0.05, 0) is 6.07 Å². The molecule has 0 radical (unpaired) electrons. The summed E-state index contributed by atoms with van der Waals surface area (Å²) in [7, 11) is 0. The number of fused-ring (bicyclic) bond motifs is 1. The molecule has 1 aromatic carbocycles. The van der Waals surface area contributed by atoms with Gasteiger partial charge in [-0.1, -0.05) is 16.6 Å². The number of para-hydroxylation sites is 1. The van der Waals surface area contributed by atoms with Crippen LogP contribution in [0.4, 0.5) is 23.7 Å². The van der Waals surface area contributed by atoms with Crippen LogP contribution in [-0.4, -0.2) is 17.5 Å².